The number of nitrogens with one attached hydrogen (secondary N) is 1. The quantitative estimate of drug-likeness (QED) is 0.850. The van der Waals surface area contributed by atoms with Crippen LogP contribution >= 0.6 is 0 Å². The van der Waals surface area contributed by atoms with E-state index in [1.807, 2.05) is 20.2 Å². The first-order chi connectivity index (χ1) is 8.66. The highest BCUT2D eigenvalue weighted by molar-refractivity contribution is 5.76. The van der Waals surface area contributed by atoms with E-state index in [9.17, 15) is 4.79 Å². The highest BCUT2D eigenvalue weighted by atomic mass is 16.5. The van der Waals surface area contributed by atoms with Gasteiger partial charge in [-0.1, -0.05) is 0 Å². The molecule has 0 unspecified atom stereocenters. The number of carbonyl (C=O) groups is 1. The molecule has 5 nitrogen and oxygen atoms in total. The minimum atomic E-state index is 0.125. The van der Waals surface area contributed by atoms with Crippen molar-refractivity contribution in [2.24, 2.45) is 5.92 Å². The van der Waals surface area contributed by atoms with E-state index >= 15 is 0 Å². The van der Waals surface area contributed by atoms with E-state index < -0.39 is 0 Å². The summed E-state index contributed by atoms with van der Waals surface area (Å²) in [5.41, 5.74) is 2.21. The maximum Gasteiger partial charge on any atom is 0.220 e. The fourth-order valence-electron chi connectivity index (χ4n) is 2.16. The fourth-order valence-corrected chi connectivity index (χ4v) is 2.16. The van der Waals surface area contributed by atoms with E-state index in [0.29, 0.717) is 18.9 Å². The van der Waals surface area contributed by atoms with Crippen molar-refractivity contribution in [1.29, 1.82) is 0 Å². The van der Waals surface area contributed by atoms with Crippen LogP contribution in [0.1, 0.15) is 24.2 Å². The van der Waals surface area contributed by atoms with Crippen molar-refractivity contribution in [2.45, 2.75) is 33.2 Å². The Hall–Kier alpha value is -1.36. The summed E-state index contributed by atoms with van der Waals surface area (Å²) in [5, 5.41) is 2.95. The van der Waals surface area contributed by atoms with Crippen molar-refractivity contribution in [2.75, 3.05) is 19.8 Å². The molecule has 0 aliphatic carbocycles. The molecular weight excluding hydrogens is 230 g/mol. The maximum absolute atomic E-state index is 11.7. The number of ether oxygens (including phenoxy) is 1. The zero-order chi connectivity index (χ0) is 13.0. The summed E-state index contributed by atoms with van der Waals surface area (Å²) < 4.78 is 7.32. The molecular formula is C13H21N3O2. The number of carbonyl (C=O) groups excluding carboxylic acids is 1. The van der Waals surface area contributed by atoms with Gasteiger partial charge in [-0.2, -0.15) is 0 Å². The number of hydrogen-bond donors (Lipinski definition) is 1. The van der Waals surface area contributed by atoms with Crippen LogP contribution in [0.4, 0.5) is 0 Å². The van der Waals surface area contributed by atoms with Gasteiger partial charge < -0.3 is 14.6 Å². The third-order valence-corrected chi connectivity index (χ3v) is 3.52. The van der Waals surface area contributed by atoms with Crippen molar-refractivity contribution >= 4 is 5.91 Å². The largest absolute Gasteiger partial charge is 0.381 e. The van der Waals surface area contributed by atoms with Crippen LogP contribution in [0.2, 0.25) is 0 Å². The van der Waals surface area contributed by atoms with Crippen LogP contribution in [-0.2, 0) is 16.1 Å². The third-order valence-electron chi connectivity index (χ3n) is 3.52. The molecule has 0 bridgehead atoms. The van der Waals surface area contributed by atoms with Crippen LogP contribution in [0.3, 0.4) is 0 Å². The van der Waals surface area contributed by atoms with E-state index in [1.54, 1.807) is 0 Å². The molecule has 18 heavy (non-hydrogen) atoms. The Labute approximate surface area is 108 Å². The van der Waals surface area contributed by atoms with Crippen LogP contribution in [0.25, 0.3) is 0 Å². The van der Waals surface area contributed by atoms with E-state index in [4.69, 9.17) is 4.74 Å². The minimum absolute atomic E-state index is 0.125. The smallest absolute Gasteiger partial charge is 0.220 e. The van der Waals surface area contributed by atoms with Gasteiger partial charge in [0.25, 0.3) is 0 Å². The number of amides is 1. The van der Waals surface area contributed by atoms with Crippen molar-refractivity contribution in [1.82, 2.24) is 14.9 Å². The molecule has 0 spiro atoms. The summed E-state index contributed by atoms with van der Waals surface area (Å²) >= 11 is 0. The zero-order valence-corrected chi connectivity index (χ0v) is 11.1. The van der Waals surface area contributed by atoms with Gasteiger partial charge in [0.05, 0.1) is 12.0 Å². The van der Waals surface area contributed by atoms with Gasteiger partial charge in [0.2, 0.25) is 5.91 Å². The predicted octanol–water partition coefficient (Wildman–Crippen LogP) is 1.04. The highest BCUT2D eigenvalue weighted by Crippen LogP contribution is 2.15. The van der Waals surface area contributed by atoms with Gasteiger partial charge in [-0.25, -0.2) is 4.98 Å². The Balaban J connectivity index is 1.68. The highest BCUT2D eigenvalue weighted by Gasteiger charge is 2.18. The summed E-state index contributed by atoms with van der Waals surface area (Å²) in [6.45, 7) is 6.99. The summed E-state index contributed by atoms with van der Waals surface area (Å²) in [6.07, 6.45) is 3.41. The molecule has 5 heteroatoms. The summed E-state index contributed by atoms with van der Waals surface area (Å²) in [7, 11) is 0. The molecule has 0 aromatic carbocycles. The van der Waals surface area contributed by atoms with E-state index in [-0.39, 0.29) is 5.91 Å². The minimum Gasteiger partial charge on any atom is -0.381 e. The molecule has 1 aromatic rings. The van der Waals surface area contributed by atoms with Crippen molar-refractivity contribution in [3.63, 3.8) is 0 Å². The standard InChI is InChI=1S/C13H21N3O2/c1-10-11(2)16(9-15-10)5-4-14-13(17)7-12-3-6-18-8-12/h9,12H,3-8H2,1-2H3,(H,14,17)/t12-/m1/s1. The lowest BCUT2D eigenvalue weighted by atomic mass is 10.1. The zero-order valence-electron chi connectivity index (χ0n) is 11.1. The van der Waals surface area contributed by atoms with Crippen LogP contribution in [0, 0.1) is 19.8 Å². The molecule has 1 fully saturated rings. The second-order valence-corrected chi connectivity index (χ2v) is 4.89. The van der Waals surface area contributed by atoms with Gasteiger partial charge in [0.15, 0.2) is 0 Å². The molecule has 1 aliphatic heterocycles. The van der Waals surface area contributed by atoms with Gasteiger partial charge in [0, 0.05) is 38.4 Å². The molecule has 1 saturated heterocycles. The average Bonchev–Trinajstić information content (AvgIpc) is 2.94. The molecule has 0 radical (unpaired) electrons. The van der Waals surface area contributed by atoms with Crippen LogP contribution in [-0.4, -0.2) is 35.2 Å². The van der Waals surface area contributed by atoms with Crippen LogP contribution < -0.4 is 5.32 Å². The lowest BCUT2D eigenvalue weighted by Gasteiger charge is -2.09. The first-order valence-corrected chi connectivity index (χ1v) is 6.49. The number of nitrogens with zero attached hydrogens (tertiary/aromatic N) is 2. The molecule has 1 N–H and O–H groups in total. The number of aromatic nitrogens is 2. The fraction of sp³-hybridized carbons (Fsp3) is 0.692. The topological polar surface area (TPSA) is 56.2 Å². The van der Waals surface area contributed by atoms with Crippen molar-refractivity contribution in [3.8, 4) is 0 Å². The third kappa shape index (κ3) is 3.32. The SMILES string of the molecule is Cc1ncn(CCNC(=O)C[C@H]2CCOC2)c1C. The number of aryl methyl sites for hydroxylation is 1. The Kier molecular flexibility index (Phi) is 4.36. The molecule has 0 saturated carbocycles. The normalized spacial score (nSPS) is 19.1. The second kappa shape index (κ2) is 6.00. The first-order valence-electron chi connectivity index (χ1n) is 6.49. The molecule has 100 valence electrons. The Bertz CT molecular complexity index is 408. The van der Waals surface area contributed by atoms with E-state index in [1.165, 1.54) is 0 Å². The van der Waals surface area contributed by atoms with Crippen LogP contribution in [0.15, 0.2) is 6.33 Å². The lowest BCUT2D eigenvalue weighted by molar-refractivity contribution is -0.122. The summed E-state index contributed by atoms with van der Waals surface area (Å²) in [4.78, 5) is 15.9. The Morgan fingerprint density at radius 2 is 2.44 bits per heavy atom. The number of hydrogen-bond acceptors (Lipinski definition) is 3. The molecule has 1 aromatic heterocycles. The van der Waals surface area contributed by atoms with E-state index in [0.717, 1.165) is 37.6 Å². The molecule has 1 amide bonds. The van der Waals surface area contributed by atoms with Crippen molar-refractivity contribution in [3.05, 3.63) is 17.7 Å². The average molecular weight is 251 g/mol. The molecule has 1 aliphatic rings. The van der Waals surface area contributed by atoms with Crippen LogP contribution in [0.5, 0.6) is 0 Å². The van der Waals surface area contributed by atoms with E-state index in [2.05, 4.69) is 14.9 Å². The van der Waals surface area contributed by atoms with Gasteiger partial charge >= 0.3 is 0 Å². The van der Waals surface area contributed by atoms with Gasteiger partial charge in [0.1, 0.15) is 0 Å². The summed E-state index contributed by atoms with van der Waals surface area (Å²) in [6, 6.07) is 0. The Morgan fingerprint density at radius 3 is 3.06 bits per heavy atom. The van der Waals surface area contributed by atoms with Crippen molar-refractivity contribution < 1.29 is 9.53 Å². The molecule has 2 heterocycles. The van der Waals surface area contributed by atoms with Gasteiger partial charge in [-0.05, 0) is 26.2 Å². The number of imidazole rings is 1. The number of rotatable bonds is 5. The van der Waals surface area contributed by atoms with Gasteiger partial charge in [-0.3, -0.25) is 4.79 Å². The first kappa shape index (κ1) is 13.1. The lowest BCUT2D eigenvalue weighted by Crippen LogP contribution is -2.29. The Morgan fingerprint density at radius 1 is 1.61 bits per heavy atom. The summed E-state index contributed by atoms with van der Waals surface area (Å²) in [5.74, 6) is 0.530. The molecule has 1 atom stereocenters. The second-order valence-electron chi connectivity index (χ2n) is 4.89. The predicted molar refractivity (Wildman–Crippen MR) is 68.3 cm³/mol. The maximum atomic E-state index is 11.7. The van der Waals surface area contributed by atoms with Gasteiger partial charge in [-0.15, -0.1) is 0 Å². The monoisotopic (exact) mass is 251 g/mol. The molecule has 2 rings (SSSR count).